The van der Waals surface area contributed by atoms with Crippen molar-refractivity contribution in [3.8, 4) is 0 Å². The van der Waals surface area contributed by atoms with E-state index in [-0.39, 0.29) is 0 Å². The summed E-state index contributed by atoms with van der Waals surface area (Å²) < 4.78 is 27.5. The van der Waals surface area contributed by atoms with Crippen LogP contribution < -0.4 is 0 Å². The zero-order valence-electron chi connectivity index (χ0n) is 10.7. The Kier molecular flexibility index (Phi) is 5.25. The number of halogens is 2. The molecule has 3 nitrogen and oxygen atoms in total. The van der Waals surface area contributed by atoms with Crippen LogP contribution in [0.3, 0.4) is 0 Å². The van der Waals surface area contributed by atoms with E-state index in [0.29, 0.717) is 16.6 Å². The largest absolute Gasteiger partial charge is 0.252 e. The molecule has 1 aromatic carbocycles. The van der Waals surface area contributed by atoms with E-state index in [1.54, 1.807) is 19.2 Å². The molecule has 0 radical (unpaired) electrons. The Morgan fingerprint density at radius 1 is 1.20 bits per heavy atom. The molecule has 0 fully saturated rings. The Hall–Kier alpha value is -0.400. The van der Waals surface area contributed by atoms with Crippen LogP contribution in [0.4, 0.5) is 0 Å². The molecule has 7 heteroatoms. The van der Waals surface area contributed by atoms with Crippen LogP contribution in [0.1, 0.15) is 10.4 Å². The van der Waals surface area contributed by atoms with E-state index in [2.05, 4.69) is 15.9 Å². The van der Waals surface area contributed by atoms with Gasteiger partial charge in [0, 0.05) is 22.9 Å². The summed E-state index contributed by atoms with van der Waals surface area (Å²) in [4.78, 5) is 0.849. The molecule has 0 atom stereocenters. The predicted octanol–water partition coefficient (Wildman–Crippen LogP) is 4.07. The molecule has 0 saturated heterocycles. The SMILES string of the molecule is CN(Cc1ccc(Br)cc1)S(=O)(=O)c1ccc(CCl)s1. The number of hydrogen-bond acceptors (Lipinski definition) is 3. The van der Waals surface area contributed by atoms with E-state index in [1.165, 1.54) is 15.6 Å². The van der Waals surface area contributed by atoms with Gasteiger partial charge in [0.15, 0.2) is 0 Å². The first-order valence-electron chi connectivity index (χ1n) is 5.79. The Morgan fingerprint density at radius 2 is 1.85 bits per heavy atom. The molecule has 0 aliphatic rings. The summed E-state index contributed by atoms with van der Waals surface area (Å²) in [6, 6.07) is 10.9. The van der Waals surface area contributed by atoms with E-state index < -0.39 is 10.0 Å². The number of nitrogens with zero attached hydrogens (tertiary/aromatic N) is 1. The Balaban J connectivity index is 2.18. The zero-order chi connectivity index (χ0) is 14.8. The van der Waals surface area contributed by atoms with Gasteiger partial charge in [-0.15, -0.1) is 22.9 Å². The van der Waals surface area contributed by atoms with Gasteiger partial charge in [-0.1, -0.05) is 28.1 Å². The maximum Gasteiger partial charge on any atom is 0.252 e. The van der Waals surface area contributed by atoms with Crippen molar-refractivity contribution in [2.24, 2.45) is 0 Å². The topological polar surface area (TPSA) is 37.4 Å². The first kappa shape index (κ1) is 16.0. The second-order valence-electron chi connectivity index (χ2n) is 4.24. The molecule has 1 heterocycles. The second kappa shape index (κ2) is 6.58. The van der Waals surface area contributed by atoms with Crippen molar-refractivity contribution in [1.82, 2.24) is 4.31 Å². The lowest BCUT2D eigenvalue weighted by atomic mass is 10.2. The molecule has 0 unspecified atom stereocenters. The summed E-state index contributed by atoms with van der Waals surface area (Å²) in [6.07, 6.45) is 0. The van der Waals surface area contributed by atoms with E-state index in [9.17, 15) is 8.42 Å². The molecule has 2 rings (SSSR count). The van der Waals surface area contributed by atoms with Gasteiger partial charge in [0.1, 0.15) is 4.21 Å². The van der Waals surface area contributed by atoms with Gasteiger partial charge in [-0.2, -0.15) is 4.31 Å². The van der Waals surface area contributed by atoms with Crippen molar-refractivity contribution >= 4 is 48.9 Å². The van der Waals surface area contributed by atoms with Crippen molar-refractivity contribution in [1.29, 1.82) is 0 Å². The highest BCUT2D eigenvalue weighted by atomic mass is 79.9. The lowest BCUT2D eigenvalue weighted by molar-refractivity contribution is 0.468. The summed E-state index contributed by atoms with van der Waals surface area (Å²) >= 11 is 10.3. The highest BCUT2D eigenvalue weighted by Crippen LogP contribution is 2.26. The average Bonchev–Trinajstić information content (AvgIpc) is 2.90. The van der Waals surface area contributed by atoms with Crippen molar-refractivity contribution in [3.05, 3.63) is 51.3 Å². The van der Waals surface area contributed by atoms with Gasteiger partial charge >= 0.3 is 0 Å². The maximum atomic E-state index is 12.4. The summed E-state index contributed by atoms with van der Waals surface area (Å²) in [5, 5.41) is 0. The van der Waals surface area contributed by atoms with Gasteiger partial charge in [0.2, 0.25) is 0 Å². The predicted molar refractivity (Wildman–Crippen MR) is 86.7 cm³/mol. The highest BCUT2D eigenvalue weighted by molar-refractivity contribution is 9.10. The van der Waals surface area contributed by atoms with Crippen molar-refractivity contribution < 1.29 is 8.42 Å². The standard InChI is InChI=1S/C13H13BrClNO2S2/c1-16(9-10-2-4-11(14)5-3-10)20(17,18)13-7-6-12(8-15)19-13/h2-7H,8-9H2,1H3. The van der Waals surface area contributed by atoms with E-state index >= 15 is 0 Å². The summed E-state index contributed by atoms with van der Waals surface area (Å²) in [5.74, 6) is 0.330. The van der Waals surface area contributed by atoms with Gasteiger partial charge in [-0.3, -0.25) is 0 Å². The van der Waals surface area contributed by atoms with Crippen LogP contribution in [-0.2, 0) is 22.4 Å². The van der Waals surface area contributed by atoms with Gasteiger partial charge in [0.05, 0.1) is 5.88 Å². The van der Waals surface area contributed by atoms with Gasteiger partial charge < -0.3 is 0 Å². The van der Waals surface area contributed by atoms with Crippen LogP contribution in [0.15, 0.2) is 45.1 Å². The van der Waals surface area contributed by atoms with E-state index in [0.717, 1.165) is 14.9 Å². The molecular formula is C13H13BrClNO2S2. The number of hydrogen-bond donors (Lipinski definition) is 0. The number of benzene rings is 1. The fourth-order valence-corrected chi connectivity index (χ4v) is 4.75. The first-order valence-corrected chi connectivity index (χ1v) is 9.37. The molecular weight excluding hydrogens is 382 g/mol. The molecule has 0 aliphatic carbocycles. The van der Waals surface area contributed by atoms with Crippen LogP contribution in [0.2, 0.25) is 0 Å². The molecule has 0 amide bonds. The van der Waals surface area contributed by atoms with Gasteiger partial charge in [-0.25, -0.2) is 8.42 Å². The van der Waals surface area contributed by atoms with Crippen LogP contribution in [-0.4, -0.2) is 19.8 Å². The van der Waals surface area contributed by atoms with Gasteiger partial charge in [-0.05, 0) is 29.8 Å². The molecule has 0 aliphatic heterocycles. The van der Waals surface area contributed by atoms with E-state index in [4.69, 9.17) is 11.6 Å². The minimum absolute atomic E-state index is 0.327. The molecule has 0 bridgehead atoms. The molecule has 2 aromatic rings. The molecule has 20 heavy (non-hydrogen) atoms. The normalized spacial score (nSPS) is 12.0. The third-order valence-corrected chi connectivity index (χ3v) is 7.08. The number of thiophene rings is 1. The molecule has 1 aromatic heterocycles. The zero-order valence-corrected chi connectivity index (χ0v) is 14.7. The minimum atomic E-state index is -3.46. The summed E-state index contributed by atoms with van der Waals surface area (Å²) in [5.41, 5.74) is 0.938. The van der Waals surface area contributed by atoms with Crippen LogP contribution in [0, 0.1) is 0 Å². The number of rotatable bonds is 5. The minimum Gasteiger partial charge on any atom is -0.206 e. The Morgan fingerprint density at radius 3 is 2.40 bits per heavy atom. The van der Waals surface area contributed by atoms with Crippen molar-refractivity contribution in [3.63, 3.8) is 0 Å². The smallest absolute Gasteiger partial charge is 0.206 e. The third-order valence-electron chi connectivity index (χ3n) is 2.75. The average molecular weight is 395 g/mol. The molecule has 0 spiro atoms. The maximum absolute atomic E-state index is 12.4. The van der Waals surface area contributed by atoms with E-state index in [1.807, 2.05) is 24.3 Å². The summed E-state index contributed by atoms with van der Waals surface area (Å²) in [7, 11) is -1.87. The quantitative estimate of drug-likeness (QED) is 0.717. The lowest BCUT2D eigenvalue weighted by Gasteiger charge is -2.16. The number of sulfonamides is 1. The number of alkyl halides is 1. The third kappa shape index (κ3) is 3.62. The second-order valence-corrected chi connectivity index (χ2v) is 8.86. The van der Waals surface area contributed by atoms with Crippen molar-refractivity contribution in [2.75, 3.05) is 7.05 Å². The molecule has 0 saturated carbocycles. The fraction of sp³-hybridized carbons (Fsp3) is 0.231. The first-order chi connectivity index (χ1) is 9.43. The van der Waals surface area contributed by atoms with Crippen LogP contribution in [0.25, 0.3) is 0 Å². The Bertz CT molecular complexity index is 683. The lowest BCUT2D eigenvalue weighted by Crippen LogP contribution is -2.25. The molecule has 0 N–H and O–H groups in total. The molecule has 108 valence electrons. The monoisotopic (exact) mass is 393 g/mol. The van der Waals surface area contributed by atoms with Crippen molar-refractivity contribution in [2.45, 2.75) is 16.6 Å². The van der Waals surface area contributed by atoms with Crippen LogP contribution >= 0.6 is 38.9 Å². The van der Waals surface area contributed by atoms with Crippen LogP contribution in [0.5, 0.6) is 0 Å². The summed E-state index contributed by atoms with van der Waals surface area (Å²) in [6.45, 7) is 0.337. The Labute approximate surface area is 136 Å². The highest BCUT2D eigenvalue weighted by Gasteiger charge is 2.22. The fourth-order valence-electron chi connectivity index (χ4n) is 1.65. The van der Waals surface area contributed by atoms with Gasteiger partial charge in [0.25, 0.3) is 10.0 Å².